The van der Waals surface area contributed by atoms with Crippen LogP contribution in [-0.4, -0.2) is 5.75 Å². The van der Waals surface area contributed by atoms with Crippen molar-refractivity contribution >= 4 is 22.5 Å². The number of benzene rings is 2. The van der Waals surface area contributed by atoms with Gasteiger partial charge < -0.3 is 0 Å². The van der Waals surface area contributed by atoms with E-state index >= 15 is 0 Å². The Labute approximate surface area is 95.7 Å². The van der Waals surface area contributed by atoms with Gasteiger partial charge >= 0.3 is 0 Å². The predicted octanol–water partition coefficient (Wildman–Crippen LogP) is 4.57. The van der Waals surface area contributed by atoms with E-state index in [1.54, 1.807) is 0 Å². The molecule has 1 heteroatoms. The summed E-state index contributed by atoms with van der Waals surface area (Å²) in [5.41, 5.74) is 2.80. The van der Waals surface area contributed by atoms with Crippen LogP contribution in [0.5, 0.6) is 0 Å². The molecule has 0 aliphatic heterocycles. The fourth-order valence-electron chi connectivity index (χ4n) is 1.90. The molecule has 2 rings (SSSR count). The third-order valence-corrected chi connectivity index (χ3v) is 3.78. The number of rotatable bonds is 2. The second kappa shape index (κ2) is 4.28. The zero-order chi connectivity index (χ0) is 10.8. The summed E-state index contributed by atoms with van der Waals surface area (Å²) < 4.78 is 0. The molecule has 0 unspecified atom stereocenters. The monoisotopic (exact) mass is 216 g/mol. The number of fused-ring (bicyclic) bond motifs is 1. The largest absolute Gasteiger partial charge is 0.126 e. The number of hydrogen-bond acceptors (Lipinski definition) is 1. The SMILES string of the molecule is CCSc1cccc2ccc(C)c(C)c12. The van der Waals surface area contributed by atoms with Gasteiger partial charge in [0.15, 0.2) is 0 Å². The second-order valence-electron chi connectivity index (χ2n) is 3.79. The molecule has 0 aromatic heterocycles. The van der Waals surface area contributed by atoms with Crippen molar-refractivity contribution in [1.29, 1.82) is 0 Å². The third-order valence-electron chi connectivity index (χ3n) is 2.84. The van der Waals surface area contributed by atoms with Crippen LogP contribution in [0, 0.1) is 13.8 Å². The molecular formula is C14H16S. The lowest BCUT2D eigenvalue weighted by Crippen LogP contribution is -1.86. The van der Waals surface area contributed by atoms with Gasteiger partial charge in [0.2, 0.25) is 0 Å². The first-order valence-corrected chi connectivity index (χ1v) is 6.34. The molecule has 0 radical (unpaired) electrons. The van der Waals surface area contributed by atoms with Gasteiger partial charge in [-0.3, -0.25) is 0 Å². The Morgan fingerprint density at radius 1 is 1.07 bits per heavy atom. The smallest absolute Gasteiger partial charge is 0.0153 e. The summed E-state index contributed by atoms with van der Waals surface area (Å²) in [6, 6.07) is 11.0. The molecule has 0 bridgehead atoms. The molecule has 0 spiro atoms. The van der Waals surface area contributed by atoms with Gasteiger partial charge in [-0.05, 0) is 47.6 Å². The van der Waals surface area contributed by atoms with Gasteiger partial charge in [0, 0.05) is 4.90 Å². The predicted molar refractivity (Wildman–Crippen MR) is 69.8 cm³/mol. The van der Waals surface area contributed by atoms with Crippen LogP contribution in [0.4, 0.5) is 0 Å². The molecule has 78 valence electrons. The Bertz CT molecular complexity index is 486. The minimum atomic E-state index is 1.13. The van der Waals surface area contributed by atoms with E-state index in [0.717, 1.165) is 5.75 Å². The van der Waals surface area contributed by atoms with Gasteiger partial charge in [-0.1, -0.05) is 31.2 Å². The van der Waals surface area contributed by atoms with Gasteiger partial charge in [0.05, 0.1) is 0 Å². The summed E-state index contributed by atoms with van der Waals surface area (Å²) in [7, 11) is 0. The highest BCUT2D eigenvalue weighted by Gasteiger charge is 2.05. The van der Waals surface area contributed by atoms with Gasteiger partial charge in [0.25, 0.3) is 0 Å². The van der Waals surface area contributed by atoms with Crippen LogP contribution >= 0.6 is 11.8 Å². The number of hydrogen-bond donors (Lipinski definition) is 0. The topological polar surface area (TPSA) is 0 Å². The van der Waals surface area contributed by atoms with Gasteiger partial charge in [0.1, 0.15) is 0 Å². The quantitative estimate of drug-likeness (QED) is 0.663. The summed E-state index contributed by atoms with van der Waals surface area (Å²) in [6.07, 6.45) is 0. The first kappa shape index (κ1) is 10.6. The lowest BCUT2D eigenvalue weighted by molar-refractivity contribution is 1.35. The van der Waals surface area contributed by atoms with Crippen molar-refractivity contribution < 1.29 is 0 Å². The summed E-state index contributed by atoms with van der Waals surface area (Å²) >= 11 is 1.93. The van der Waals surface area contributed by atoms with Crippen molar-refractivity contribution in [3.8, 4) is 0 Å². The van der Waals surface area contributed by atoms with E-state index in [1.807, 2.05) is 11.8 Å². The van der Waals surface area contributed by atoms with E-state index < -0.39 is 0 Å². The minimum absolute atomic E-state index is 1.13. The molecule has 0 aliphatic rings. The lowest BCUT2D eigenvalue weighted by atomic mass is 10.0. The Hall–Kier alpha value is -0.950. The fraction of sp³-hybridized carbons (Fsp3) is 0.286. The van der Waals surface area contributed by atoms with E-state index in [1.165, 1.54) is 26.8 Å². The first-order valence-electron chi connectivity index (χ1n) is 5.35. The molecule has 0 amide bonds. The molecule has 0 aliphatic carbocycles. The first-order chi connectivity index (χ1) is 7.24. The van der Waals surface area contributed by atoms with Crippen LogP contribution in [-0.2, 0) is 0 Å². The van der Waals surface area contributed by atoms with Crippen molar-refractivity contribution in [3.05, 3.63) is 41.5 Å². The van der Waals surface area contributed by atoms with Crippen molar-refractivity contribution in [2.24, 2.45) is 0 Å². The van der Waals surface area contributed by atoms with Gasteiger partial charge in [-0.2, -0.15) is 0 Å². The van der Waals surface area contributed by atoms with E-state index in [4.69, 9.17) is 0 Å². The van der Waals surface area contributed by atoms with Gasteiger partial charge in [-0.15, -0.1) is 11.8 Å². The van der Waals surface area contributed by atoms with E-state index in [0.29, 0.717) is 0 Å². The lowest BCUT2D eigenvalue weighted by Gasteiger charge is -2.10. The van der Waals surface area contributed by atoms with E-state index in [9.17, 15) is 0 Å². The number of thioether (sulfide) groups is 1. The number of aryl methyl sites for hydroxylation is 2. The van der Waals surface area contributed by atoms with Crippen molar-refractivity contribution in [2.75, 3.05) is 5.75 Å². The van der Waals surface area contributed by atoms with Crippen LogP contribution in [0.2, 0.25) is 0 Å². The average Bonchev–Trinajstić information content (AvgIpc) is 2.24. The van der Waals surface area contributed by atoms with Crippen LogP contribution in [0.25, 0.3) is 10.8 Å². The Balaban J connectivity index is 2.76. The highest BCUT2D eigenvalue weighted by Crippen LogP contribution is 2.31. The molecule has 0 saturated heterocycles. The normalized spacial score (nSPS) is 10.9. The summed E-state index contributed by atoms with van der Waals surface area (Å²) in [6.45, 7) is 6.61. The second-order valence-corrected chi connectivity index (χ2v) is 5.10. The molecule has 0 atom stereocenters. The molecule has 15 heavy (non-hydrogen) atoms. The maximum absolute atomic E-state index is 2.23. The molecule has 2 aromatic carbocycles. The van der Waals surface area contributed by atoms with Crippen molar-refractivity contribution in [3.63, 3.8) is 0 Å². The Kier molecular flexibility index (Phi) is 3.01. The maximum Gasteiger partial charge on any atom is 0.0153 e. The summed E-state index contributed by atoms with van der Waals surface area (Å²) in [5, 5.41) is 2.79. The van der Waals surface area contributed by atoms with Crippen LogP contribution in [0.15, 0.2) is 35.2 Å². The minimum Gasteiger partial charge on any atom is -0.126 e. The summed E-state index contributed by atoms with van der Waals surface area (Å²) in [5.74, 6) is 1.13. The molecule has 0 fully saturated rings. The molecule has 0 heterocycles. The zero-order valence-corrected chi connectivity index (χ0v) is 10.3. The third kappa shape index (κ3) is 1.89. The molecule has 0 saturated carbocycles. The highest BCUT2D eigenvalue weighted by molar-refractivity contribution is 7.99. The van der Waals surface area contributed by atoms with Crippen LogP contribution in [0.3, 0.4) is 0 Å². The highest BCUT2D eigenvalue weighted by atomic mass is 32.2. The molecule has 0 N–H and O–H groups in total. The molecular weight excluding hydrogens is 200 g/mol. The van der Waals surface area contributed by atoms with E-state index in [-0.39, 0.29) is 0 Å². The zero-order valence-electron chi connectivity index (χ0n) is 9.50. The van der Waals surface area contributed by atoms with Gasteiger partial charge in [-0.25, -0.2) is 0 Å². The van der Waals surface area contributed by atoms with Crippen LogP contribution < -0.4 is 0 Å². The van der Waals surface area contributed by atoms with Crippen molar-refractivity contribution in [2.45, 2.75) is 25.7 Å². The Morgan fingerprint density at radius 2 is 1.87 bits per heavy atom. The molecule has 0 nitrogen and oxygen atoms in total. The fourth-order valence-corrected chi connectivity index (χ4v) is 2.80. The summed E-state index contributed by atoms with van der Waals surface area (Å²) in [4.78, 5) is 1.41. The van der Waals surface area contributed by atoms with E-state index in [2.05, 4.69) is 51.1 Å². The van der Waals surface area contributed by atoms with Crippen molar-refractivity contribution in [1.82, 2.24) is 0 Å². The Morgan fingerprint density at radius 3 is 2.60 bits per heavy atom. The standard InChI is InChI=1S/C14H16S/c1-4-15-13-7-5-6-12-9-8-10(2)11(3)14(12)13/h5-9H,4H2,1-3H3. The molecule has 2 aromatic rings. The average molecular weight is 216 g/mol. The maximum atomic E-state index is 2.23. The van der Waals surface area contributed by atoms with Crippen LogP contribution in [0.1, 0.15) is 18.1 Å².